The van der Waals surface area contributed by atoms with Crippen molar-refractivity contribution in [2.45, 2.75) is 5.16 Å². The lowest BCUT2D eigenvalue weighted by atomic mass is 10.1. The van der Waals surface area contributed by atoms with Gasteiger partial charge in [0.25, 0.3) is 11.8 Å². The maximum absolute atomic E-state index is 14.5. The second kappa shape index (κ2) is 9.51. The van der Waals surface area contributed by atoms with Crippen molar-refractivity contribution in [2.75, 3.05) is 12.5 Å². The molecule has 0 aliphatic carbocycles. The first-order chi connectivity index (χ1) is 17.0. The maximum Gasteiger partial charge on any atom is 0.318 e. The first kappa shape index (κ1) is 22.5. The number of nitrogens with zero attached hydrogens (tertiary/aromatic N) is 4. The molecule has 2 heterocycles. The minimum atomic E-state index is -0.651. The van der Waals surface area contributed by atoms with Gasteiger partial charge in [0.15, 0.2) is 17.7 Å². The molecule has 0 saturated carbocycles. The van der Waals surface area contributed by atoms with Crippen LogP contribution < -0.4 is 0 Å². The lowest BCUT2D eigenvalue weighted by Gasteiger charge is -2.14. The van der Waals surface area contributed by atoms with E-state index in [1.54, 1.807) is 47.0 Å². The number of halogens is 1. The Morgan fingerprint density at radius 1 is 0.829 bits per heavy atom. The molecule has 1 aromatic heterocycles. The zero-order chi connectivity index (χ0) is 24.4. The number of hydrogen-bond acceptors (Lipinski definition) is 7. The smallest absolute Gasteiger partial charge is 0.318 e. The van der Waals surface area contributed by atoms with Crippen molar-refractivity contribution < 1.29 is 23.5 Å². The molecule has 3 aromatic carbocycles. The Morgan fingerprint density at radius 2 is 1.43 bits per heavy atom. The summed E-state index contributed by atoms with van der Waals surface area (Å²) in [5.41, 5.74) is 1.51. The second-order valence-corrected chi connectivity index (χ2v) is 8.42. The number of carbonyl (C=O) groups excluding carboxylic acids is 3. The van der Waals surface area contributed by atoms with E-state index in [-0.39, 0.29) is 28.3 Å². The molecule has 0 spiro atoms. The van der Waals surface area contributed by atoms with Gasteiger partial charge in [-0.15, -0.1) is 10.2 Å². The van der Waals surface area contributed by atoms with Gasteiger partial charge in [-0.2, -0.15) is 0 Å². The number of para-hydroxylation sites is 1. The molecule has 0 atom stereocenters. The van der Waals surface area contributed by atoms with E-state index in [0.717, 1.165) is 16.7 Å². The molecule has 0 fully saturated rings. The number of hydrogen-bond donors (Lipinski definition) is 0. The maximum atomic E-state index is 14.5. The van der Waals surface area contributed by atoms with Crippen LogP contribution in [0.5, 0.6) is 0 Å². The van der Waals surface area contributed by atoms with Crippen LogP contribution in [0, 0.1) is 5.82 Å². The fraction of sp³-hybridized carbons (Fsp3) is 0.0800. The summed E-state index contributed by atoms with van der Waals surface area (Å²) in [5, 5.41) is 8.66. The Hall–Kier alpha value is -4.31. The zero-order valence-corrected chi connectivity index (χ0v) is 18.9. The molecular formula is C25H17FN4O4S. The molecule has 4 aromatic rings. The highest BCUT2D eigenvalue weighted by Gasteiger charge is 2.35. The Bertz CT molecular complexity index is 1410. The largest absolute Gasteiger partial charge is 0.443 e. The predicted molar refractivity (Wildman–Crippen MR) is 125 cm³/mol. The average molecular weight is 489 g/mol. The molecule has 8 nitrogen and oxygen atoms in total. The number of aromatic nitrogens is 3. The lowest BCUT2D eigenvalue weighted by molar-refractivity contribution is -0.142. The molecule has 174 valence electrons. The Kier molecular flexibility index (Phi) is 6.11. The topological polar surface area (TPSA) is 94.4 Å². The van der Waals surface area contributed by atoms with E-state index in [1.807, 2.05) is 30.3 Å². The number of fused-ring (bicyclic) bond motifs is 1. The highest BCUT2D eigenvalue weighted by Crippen LogP contribution is 2.29. The molecule has 1 aliphatic heterocycles. The average Bonchev–Trinajstić information content (AvgIpc) is 3.41. The molecule has 0 unspecified atom stereocenters. The van der Waals surface area contributed by atoms with Gasteiger partial charge in [-0.25, -0.2) is 9.29 Å². The standard InChI is InChI=1S/C25H17FN4O4S/c26-20-13-7-6-12-19(20)22-27-28-25(30(22)16-8-2-1-3-9-16)35-14-21(31)34-15-29-23(32)17-10-4-5-11-18(17)24(29)33/h1-13H,14-15H2. The fourth-order valence-electron chi connectivity index (χ4n) is 3.65. The molecule has 1 aliphatic rings. The van der Waals surface area contributed by atoms with Crippen LogP contribution in [0.3, 0.4) is 0 Å². The molecule has 0 bridgehead atoms. The van der Waals surface area contributed by atoms with E-state index < -0.39 is 30.3 Å². The molecule has 0 radical (unpaired) electrons. The molecule has 0 saturated heterocycles. The van der Waals surface area contributed by atoms with Crippen LogP contribution in [0.15, 0.2) is 84.0 Å². The Balaban J connectivity index is 1.30. The summed E-state index contributed by atoms with van der Waals surface area (Å²) in [5.74, 6) is -1.99. The van der Waals surface area contributed by atoms with Crippen LogP contribution in [0.1, 0.15) is 20.7 Å². The molecule has 35 heavy (non-hydrogen) atoms. The highest BCUT2D eigenvalue weighted by atomic mass is 32.2. The predicted octanol–water partition coefficient (Wildman–Crippen LogP) is 3.96. The van der Waals surface area contributed by atoms with E-state index in [1.165, 1.54) is 6.07 Å². The van der Waals surface area contributed by atoms with Gasteiger partial charge >= 0.3 is 5.97 Å². The van der Waals surface area contributed by atoms with Crippen LogP contribution in [-0.4, -0.2) is 49.9 Å². The number of ether oxygens (including phenoxy) is 1. The van der Waals surface area contributed by atoms with Crippen molar-refractivity contribution >= 4 is 29.5 Å². The molecular weight excluding hydrogens is 471 g/mol. The van der Waals surface area contributed by atoms with E-state index in [9.17, 15) is 18.8 Å². The number of rotatable bonds is 7. The summed E-state index contributed by atoms with van der Waals surface area (Å²) in [7, 11) is 0. The summed E-state index contributed by atoms with van der Waals surface area (Å²) in [6.07, 6.45) is 0. The first-order valence-electron chi connectivity index (χ1n) is 10.5. The summed E-state index contributed by atoms with van der Waals surface area (Å²) in [6.45, 7) is -0.488. The first-order valence-corrected chi connectivity index (χ1v) is 11.5. The minimum absolute atomic E-state index is 0.161. The molecule has 10 heteroatoms. The Labute approximate surface area is 203 Å². The number of thioether (sulfide) groups is 1. The quantitative estimate of drug-likeness (QED) is 0.221. The summed E-state index contributed by atoms with van der Waals surface area (Å²) >= 11 is 1.05. The molecule has 5 rings (SSSR count). The molecule has 0 N–H and O–H groups in total. The van der Waals surface area contributed by atoms with Crippen LogP contribution >= 0.6 is 11.8 Å². The number of benzene rings is 3. The van der Waals surface area contributed by atoms with Crippen LogP contribution in [-0.2, 0) is 9.53 Å². The third kappa shape index (κ3) is 4.31. The zero-order valence-electron chi connectivity index (χ0n) is 18.1. The Morgan fingerprint density at radius 3 is 2.09 bits per heavy atom. The lowest BCUT2D eigenvalue weighted by Crippen LogP contribution is -2.33. The van der Waals surface area contributed by atoms with Crippen LogP contribution in [0.4, 0.5) is 4.39 Å². The summed E-state index contributed by atoms with van der Waals surface area (Å²) in [6, 6.07) is 21.8. The van der Waals surface area contributed by atoms with Gasteiger partial charge in [-0.3, -0.25) is 19.0 Å². The van der Waals surface area contributed by atoms with Crippen molar-refractivity contribution in [1.29, 1.82) is 0 Å². The number of amides is 2. The SMILES string of the molecule is O=C(CSc1nnc(-c2ccccc2F)n1-c1ccccc1)OCN1C(=O)c2ccccc2C1=O. The van der Waals surface area contributed by atoms with E-state index in [0.29, 0.717) is 10.8 Å². The van der Waals surface area contributed by atoms with Crippen molar-refractivity contribution in [2.24, 2.45) is 0 Å². The van der Waals surface area contributed by atoms with Crippen LogP contribution in [0.2, 0.25) is 0 Å². The van der Waals surface area contributed by atoms with E-state index in [2.05, 4.69) is 10.2 Å². The van der Waals surface area contributed by atoms with Crippen molar-refractivity contribution in [1.82, 2.24) is 19.7 Å². The third-order valence-electron chi connectivity index (χ3n) is 5.31. The number of imide groups is 1. The van der Waals surface area contributed by atoms with Gasteiger partial charge in [-0.05, 0) is 36.4 Å². The van der Waals surface area contributed by atoms with E-state index in [4.69, 9.17) is 4.74 Å². The number of esters is 1. The monoisotopic (exact) mass is 488 g/mol. The second-order valence-electron chi connectivity index (χ2n) is 7.48. The van der Waals surface area contributed by atoms with Crippen LogP contribution in [0.25, 0.3) is 17.1 Å². The van der Waals surface area contributed by atoms with Crippen molar-refractivity contribution in [3.63, 3.8) is 0 Å². The van der Waals surface area contributed by atoms with Gasteiger partial charge in [-0.1, -0.05) is 54.2 Å². The highest BCUT2D eigenvalue weighted by molar-refractivity contribution is 7.99. The fourth-order valence-corrected chi connectivity index (χ4v) is 4.40. The van der Waals surface area contributed by atoms with Gasteiger partial charge in [0.2, 0.25) is 0 Å². The molecule has 2 amide bonds. The number of carbonyl (C=O) groups is 3. The van der Waals surface area contributed by atoms with Crippen molar-refractivity contribution in [3.05, 3.63) is 95.8 Å². The van der Waals surface area contributed by atoms with Gasteiger partial charge in [0.05, 0.1) is 22.4 Å². The van der Waals surface area contributed by atoms with E-state index >= 15 is 0 Å². The minimum Gasteiger partial charge on any atom is -0.443 e. The third-order valence-corrected chi connectivity index (χ3v) is 6.22. The summed E-state index contributed by atoms with van der Waals surface area (Å²) < 4.78 is 21.3. The normalized spacial score (nSPS) is 12.7. The summed E-state index contributed by atoms with van der Waals surface area (Å²) in [4.78, 5) is 38.2. The van der Waals surface area contributed by atoms with Crippen molar-refractivity contribution in [3.8, 4) is 17.1 Å². The van der Waals surface area contributed by atoms with Gasteiger partial charge < -0.3 is 4.74 Å². The van der Waals surface area contributed by atoms with Gasteiger partial charge in [0.1, 0.15) is 5.82 Å². The van der Waals surface area contributed by atoms with Gasteiger partial charge in [0, 0.05) is 5.69 Å².